The van der Waals surface area contributed by atoms with Gasteiger partial charge in [0.15, 0.2) is 0 Å². The van der Waals surface area contributed by atoms with Crippen LogP contribution in [0.15, 0.2) is 83.9 Å². The Morgan fingerprint density at radius 3 is 2.34 bits per heavy atom. The zero-order valence-corrected chi connectivity index (χ0v) is 19.0. The summed E-state index contributed by atoms with van der Waals surface area (Å²) in [6, 6.07) is 16.7. The van der Waals surface area contributed by atoms with Gasteiger partial charge in [0.2, 0.25) is 11.5 Å². The summed E-state index contributed by atoms with van der Waals surface area (Å²) in [4.78, 5) is 52.5. The minimum atomic E-state index is -1.18. The lowest BCUT2D eigenvalue weighted by molar-refractivity contribution is -0.139. The predicted octanol–water partition coefficient (Wildman–Crippen LogP) is 2.79. The molecule has 0 aliphatic rings. The van der Waals surface area contributed by atoms with Gasteiger partial charge in [-0.05, 0) is 48.0 Å². The summed E-state index contributed by atoms with van der Waals surface area (Å²) in [5, 5.41) is 13.2. The molecule has 0 bridgehead atoms. The molecule has 1 unspecified atom stereocenters. The van der Waals surface area contributed by atoms with Crippen LogP contribution in [0.3, 0.4) is 0 Å². The summed E-state index contributed by atoms with van der Waals surface area (Å²) < 4.78 is 0. The lowest BCUT2D eigenvalue weighted by Crippen LogP contribution is -2.42. The molecule has 2 amide bonds. The van der Waals surface area contributed by atoms with E-state index in [0.717, 1.165) is 5.39 Å². The molecular formula is C25H21ClN4O5. The largest absolute Gasteiger partial charge is 0.480 e. The lowest BCUT2D eigenvalue weighted by atomic mass is 10.0. The SMILES string of the molecule is NC(=O)c1cccnc1.O=C(NC(Cc1cc(=O)[nH]c2ccccc12)C(=O)O)c1ccc(Cl)cc1. The van der Waals surface area contributed by atoms with Gasteiger partial charge < -0.3 is 21.1 Å². The van der Waals surface area contributed by atoms with Crippen molar-refractivity contribution >= 4 is 40.3 Å². The number of nitrogens with one attached hydrogen (secondary N) is 2. The third-order valence-electron chi connectivity index (χ3n) is 4.92. The van der Waals surface area contributed by atoms with E-state index in [-0.39, 0.29) is 12.0 Å². The fraction of sp³-hybridized carbons (Fsp3) is 0.0800. The van der Waals surface area contributed by atoms with Gasteiger partial charge in [0.05, 0.1) is 5.56 Å². The minimum Gasteiger partial charge on any atom is -0.480 e. The predicted molar refractivity (Wildman–Crippen MR) is 131 cm³/mol. The first-order valence-corrected chi connectivity index (χ1v) is 10.7. The smallest absolute Gasteiger partial charge is 0.326 e. The van der Waals surface area contributed by atoms with Crippen LogP contribution in [-0.2, 0) is 11.2 Å². The average Bonchev–Trinajstić information content (AvgIpc) is 2.84. The van der Waals surface area contributed by atoms with Crippen molar-refractivity contribution in [2.75, 3.05) is 0 Å². The number of hydrogen-bond acceptors (Lipinski definition) is 5. The molecule has 1 atom stereocenters. The average molecular weight is 493 g/mol. The first kappa shape index (κ1) is 25.1. The molecule has 35 heavy (non-hydrogen) atoms. The number of aromatic amines is 1. The van der Waals surface area contributed by atoms with Crippen LogP contribution in [0, 0.1) is 0 Å². The van der Waals surface area contributed by atoms with Crippen molar-refractivity contribution in [2.24, 2.45) is 5.73 Å². The number of carbonyl (C=O) groups excluding carboxylic acids is 2. The molecule has 0 saturated carbocycles. The number of rotatable bonds is 6. The first-order chi connectivity index (χ1) is 16.7. The van der Waals surface area contributed by atoms with Gasteiger partial charge in [-0.3, -0.25) is 19.4 Å². The van der Waals surface area contributed by atoms with Crippen LogP contribution in [-0.4, -0.2) is 38.9 Å². The fourth-order valence-electron chi connectivity index (χ4n) is 3.22. The summed E-state index contributed by atoms with van der Waals surface area (Å²) in [5.74, 6) is -2.15. The summed E-state index contributed by atoms with van der Waals surface area (Å²) >= 11 is 5.79. The number of halogens is 1. The lowest BCUT2D eigenvalue weighted by Gasteiger charge is -2.16. The molecule has 178 valence electrons. The van der Waals surface area contributed by atoms with E-state index in [9.17, 15) is 24.3 Å². The maximum absolute atomic E-state index is 12.3. The Labute approximate surface area is 204 Å². The monoisotopic (exact) mass is 492 g/mol. The number of hydrogen-bond donors (Lipinski definition) is 4. The molecule has 2 aromatic carbocycles. The Hall–Kier alpha value is -4.50. The van der Waals surface area contributed by atoms with Gasteiger partial charge in [-0.15, -0.1) is 0 Å². The molecule has 0 aliphatic carbocycles. The number of amides is 2. The maximum atomic E-state index is 12.3. The van der Waals surface area contributed by atoms with Gasteiger partial charge in [0, 0.05) is 46.4 Å². The van der Waals surface area contributed by atoms with Crippen molar-refractivity contribution in [3.63, 3.8) is 0 Å². The van der Waals surface area contributed by atoms with E-state index in [1.165, 1.54) is 24.4 Å². The van der Waals surface area contributed by atoms with Crippen molar-refractivity contribution in [3.8, 4) is 0 Å². The number of benzene rings is 2. The second-order valence-electron chi connectivity index (χ2n) is 7.39. The van der Waals surface area contributed by atoms with Crippen LogP contribution < -0.4 is 16.6 Å². The van der Waals surface area contributed by atoms with Crippen LogP contribution in [0.25, 0.3) is 10.9 Å². The quantitative estimate of drug-likeness (QED) is 0.324. The Morgan fingerprint density at radius 2 is 1.74 bits per heavy atom. The number of pyridine rings is 2. The second kappa shape index (κ2) is 11.6. The Kier molecular flexibility index (Phi) is 8.31. The number of aromatic nitrogens is 2. The molecule has 0 spiro atoms. The van der Waals surface area contributed by atoms with E-state index >= 15 is 0 Å². The highest BCUT2D eigenvalue weighted by Gasteiger charge is 2.22. The highest BCUT2D eigenvalue weighted by molar-refractivity contribution is 6.30. The molecule has 0 aliphatic heterocycles. The summed E-state index contributed by atoms with van der Waals surface area (Å²) in [7, 11) is 0. The van der Waals surface area contributed by atoms with E-state index in [0.29, 0.717) is 27.2 Å². The van der Waals surface area contributed by atoms with Crippen LogP contribution in [0.2, 0.25) is 5.02 Å². The van der Waals surface area contributed by atoms with Crippen molar-refractivity contribution in [1.82, 2.24) is 15.3 Å². The van der Waals surface area contributed by atoms with Crippen molar-refractivity contribution in [3.05, 3.63) is 111 Å². The fourth-order valence-corrected chi connectivity index (χ4v) is 3.34. The topological polar surface area (TPSA) is 155 Å². The van der Waals surface area contributed by atoms with Gasteiger partial charge in [-0.2, -0.15) is 0 Å². The standard InChI is InChI=1S/C19H15ClN2O4.C6H6N2O/c20-13-7-5-11(6-8-13)18(24)22-16(19(25)26)9-12-10-17(23)21-15-4-2-1-3-14(12)15;7-6(9)5-2-1-3-8-4-5/h1-8,10,16H,9H2,(H,21,23)(H,22,24)(H,25,26);1-4H,(H2,7,9). The van der Waals surface area contributed by atoms with E-state index in [1.54, 1.807) is 54.7 Å². The van der Waals surface area contributed by atoms with Gasteiger partial charge in [0.1, 0.15) is 6.04 Å². The molecule has 10 heteroatoms. The number of primary amides is 1. The normalized spacial score (nSPS) is 11.1. The molecule has 2 heterocycles. The van der Waals surface area contributed by atoms with Gasteiger partial charge in [-0.1, -0.05) is 29.8 Å². The third-order valence-corrected chi connectivity index (χ3v) is 5.17. The van der Waals surface area contributed by atoms with Crippen molar-refractivity contribution < 1.29 is 19.5 Å². The highest BCUT2D eigenvalue weighted by Crippen LogP contribution is 2.17. The molecule has 2 aromatic heterocycles. The number of nitrogens with zero attached hydrogens (tertiary/aromatic N) is 1. The molecule has 0 fully saturated rings. The molecular weight excluding hydrogens is 472 g/mol. The number of aliphatic carboxylic acids is 1. The number of carboxylic acid groups (broad SMARTS) is 1. The van der Waals surface area contributed by atoms with E-state index in [4.69, 9.17) is 17.3 Å². The number of carbonyl (C=O) groups is 3. The van der Waals surface area contributed by atoms with E-state index < -0.39 is 23.8 Å². The number of fused-ring (bicyclic) bond motifs is 1. The molecule has 5 N–H and O–H groups in total. The van der Waals surface area contributed by atoms with E-state index in [2.05, 4.69) is 15.3 Å². The van der Waals surface area contributed by atoms with Crippen LogP contribution in [0.4, 0.5) is 0 Å². The zero-order chi connectivity index (χ0) is 25.4. The summed E-state index contributed by atoms with van der Waals surface area (Å²) in [6.45, 7) is 0. The Morgan fingerprint density at radius 1 is 1.03 bits per heavy atom. The molecule has 4 aromatic rings. The maximum Gasteiger partial charge on any atom is 0.326 e. The molecule has 4 rings (SSSR count). The van der Waals surface area contributed by atoms with Crippen LogP contribution in [0.1, 0.15) is 26.3 Å². The van der Waals surface area contributed by atoms with E-state index in [1.807, 2.05) is 0 Å². The first-order valence-electron chi connectivity index (χ1n) is 10.3. The second-order valence-corrected chi connectivity index (χ2v) is 7.82. The number of H-pyrrole nitrogens is 1. The number of nitrogens with two attached hydrogens (primary N) is 1. The number of carboxylic acids is 1. The summed E-state index contributed by atoms with van der Waals surface area (Å²) in [5.41, 5.74) is 6.52. The molecule has 9 nitrogen and oxygen atoms in total. The van der Waals surface area contributed by atoms with Crippen LogP contribution in [0.5, 0.6) is 0 Å². The van der Waals surface area contributed by atoms with Crippen LogP contribution >= 0.6 is 11.6 Å². The Balaban J connectivity index is 0.000000320. The minimum absolute atomic E-state index is 0.0148. The molecule has 0 saturated heterocycles. The Bertz CT molecular complexity index is 1410. The summed E-state index contributed by atoms with van der Waals surface area (Å²) in [6.07, 6.45) is 3.01. The van der Waals surface area contributed by atoms with Gasteiger partial charge in [0.25, 0.3) is 5.91 Å². The van der Waals surface area contributed by atoms with Crippen molar-refractivity contribution in [2.45, 2.75) is 12.5 Å². The zero-order valence-electron chi connectivity index (χ0n) is 18.3. The molecule has 0 radical (unpaired) electrons. The third kappa shape index (κ3) is 6.99. The van der Waals surface area contributed by atoms with Gasteiger partial charge in [-0.25, -0.2) is 4.79 Å². The van der Waals surface area contributed by atoms with Gasteiger partial charge >= 0.3 is 5.97 Å². The highest BCUT2D eigenvalue weighted by atomic mass is 35.5. The van der Waals surface area contributed by atoms with Crippen molar-refractivity contribution in [1.29, 1.82) is 0 Å². The number of para-hydroxylation sites is 1.